The normalized spacial score (nSPS) is 11.6. The summed E-state index contributed by atoms with van der Waals surface area (Å²) in [6, 6.07) is 24.3. The largest absolute Gasteiger partial charge is 0.236 e. The highest BCUT2D eigenvalue weighted by Gasteiger charge is 2.21. The smallest absolute Gasteiger partial charge is 0.170 e. The maximum absolute atomic E-state index is 6.11. The minimum atomic E-state index is -0.202. The number of nitrogens with zero attached hydrogens (tertiary/aromatic N) is 4. The fourth-order valence-electron chi connectivity index (χ4n) is 3.39. The number of hydrogen-bond donors (Lipinski definition) is 0. The molecule has 0 aliphatic rings. The van der Waals surface area contributed by atoms with E-state index in [-0.39, 0.29) is 6.17 Å². The van der Waals surface area contributed by atoms with Crippen molar-refractivity contribution in [1.29, 1.82) is 0 Å². The highest BCUT2D eigenvalue weighted by atomic mass is 35.5. The first-order valence-corrected chi connectivity index (χ1v) is 8.79. The van der Waals surface area contributed by atoms with Crippen LogP contribution in [0.3, 0.4) is 0 Å². The van der Waals surface area contributed by atoms with Crippen LogP contribution in [0, 0.1) is 0 Å². The van der Waals surface area contributed by atoms with E-state index in [1.54, 1.807) is 0 Å². The highest BCUT2D eigenvalue weighted by molar-refractivity contribution is 6.30. The molecule has 0 atom stereocenters. The molecule has 0 aliphatic carbocycles. The summed E-state index contributed by atoms with van der Waals surface area (Å²) in [5.74, 6) is 0. The van der Waals surface area contributed by atoms with E-state index in [0.29, 0.717) is 5.02 Å². The van der Waals surface area contributed by atoms with Crippen molar-refractivity contribution >= 4 is 33.4 Å². The zero-order chi connectivity index (χ0) is 17.5. The number of fused-ring (bicyclic) bond motifs is 2. The molecule has 5 heteroatoms. The van der Waals surface area contributed by atoms with E-state index >= 15 is 0 Å². The van der Waals surface area contributed by atoms with Gasteiger partial charge in [-0.3, -0.25) is 0 Å². The Balaban J connectivity index is 1.79. The lowest BCUT2D eigenvalue weighted by Gasteiger charge is -2.21. The van der Waals surface area contributed by atoms with Crippen LogP contribution in [0.2, 0.25) is 5.02 Å². The van der Waals surface area contributed by atoms with Crippen LogP contribution in [0.5, 0.6) is 0 Å². The molecule has 5 rings (SSSR count). The predicted octanol–water partition coefficient (Wildman–Crippen LogP) is 5.13. The number of benzene rings is 3. The van der Waals surface area contributed by atoms with Crippen molar-refractivity contribution in [2.24, 2.45) is 0 Å². The Morgan fingerprint density at radius 1 is 0.654 bits per heavy atom. The lowest BCUT2D eigenvalue weighted by atomic mass is 10.1. The summed E-state index contributed by atoms with van der Waals surface area (Å²) >= 11 is 6.11. The van der Waals surface area contributed by atoms with E-state index < -0.39 is 0 Å². The second-order valence-corrected chi connectivity index (χ2v) is 6.66. The molecule has 26 heavy (non-hydrogen) atoms. The third-order valence-corrected chi connectivity index (χ3v) is 4.89. The van der Waals surface area contributed by atoms with Crippen LogP contribution in [-0.2, 0) is 0 Å². The van der Waals surface area contributed by atoms with Crippen molar-refractivity contribution in [1.82, 2.24) is 19.6 Å². The van der Waals surface area contributed by atoms with Crippen molar-refractivity contribution in [3.8, 4) is 0 Å². The lowest BCUT2D eigenvalue weighted by Crippen LogP contribution is -2.21. The fraction of sp³-hybridized carbons (Fsp3) is 0.0476. The first-order chi connectivity index (χ1) is 12.8. The topological polar surface area (TPSA) is 35.6 Å². The SMILES string of the molecule is Clc1ccc(C(n2ncc3ccccc32)n2ncc3ccccc32)cc1. The maximum Gasteiger partial charge on any atom is 0.170 e. The molecule has 0 N–H and O–H groups in total. The van der Waals surface area contributed by atoms with Crippen molar-refractivity contribution in [2.75, 3.05) is 0 Å². The van der Waals surface area contributed by atoms with Gasteiger partial charge in [-0.15, -0.1) is 0 Å². The fourth-order valence-corrected chi connectivity index (χ4v) is 3.52. The number of halogens is 1. The zero-order valence-electron chi connectivity index (χ0n) is 13.8. The molecule has 5 aromatic rings. The summed E-state index contributed by atoms with van der Waals surface area (Å²) in [7, 11) is 0. The number of hydrogen-bond acceptors (Lipinski definition) is 2. The van der Waals surface area contributed by atoms with Crippen molar-refractivity contribution in [3.63, 3.8) is 0 Å². The molecule has 0 saturated carbocycles. The third-order valence-electron chi connectivity index (χ3n) is 4.64. The first-order valence-electron chi connectivity index (χ1n) is 8.41. The molecular weight excluding hydrogens is 344 g/mol. The van der Waals surface area contributed by atoms with Crippen LogP contribution in [0.25, 0.3) is 21.8 Å². The monoisotopic (exact) mass is 358 g/mol. The molecule has 3 aromatic carbocycles. The van der Waals surface area contributed by atoms with Crippen LogP contribution in [0.4, 0.5) is 0 Å². The number of para-hydroxylation sites is 2. The maximum atomic E-state index is 6.11. The van der Waals surface area contributed by atoms with Crippen molar-refractivity contribution in [3.05, 3.63) is 95.8 Å². The summed E-state index contributed by atoms with van der Waals surface area (Å²) < 4.78 is 4.02. The van der Waals surface area contributed by atoms with Gasteiger partial charge in [0, 0.05) is 15.8 Å². The Morgan fingerprint density at radius 3 is 1.69 bits per heavy atom. The first kappa shape index (κ1) is 15.2. The second kappa shape index (κ2) is 6.00. The van der Waals surface area contributed by atoms with E-state index in [9.17, 15) is 0 Å². The zero-order valence-corrected chi connectivity index (χ0v) is 14.6. The quantitative estimate of drug-likeness (QED) is 0.448. The lowest BCUT2D eigenvalue weighted by molar-refractivity contribution is 0.442. The molecule has 0 aliphatic heterocycles. The van der Waals surface area contributed by atoms with Gasteiger partial charge in [0.2, 0.25) is 0 Å². The summed E-state index contributed by atoms with van der Waals surface area (Å²) in [5.41, 5.74) is 3.19. The van der Waals surface area contributed by atoms with E-state index in [1.807, 2.05) is 70.3 Å². The Hall–Kier alpha value is -3.11. The number of rotatable bonds is 3. The molecule has 0 amide bonds. The van der Waals surface area contributed by atoms with Crippen LogP contribution in [0.15, 0.2) is 85.2 Å². The molecule has 2 aromatic heterocycles. The average molecular weight is 359 g/mol. The molecule has 2 heterocycles. The van der Waals surface area contributed by atoms with E-state index in [2.05, 4.69) is 34.5 Å². The molecule has 0 fully saturated rings. The van der Waals surface area contributed by atoms with Gasteiger partial charge in [0.15, 0.2) is 6.17 Å². The Labute approximate surface area is 155 Å². The molecule has 0 bridgehead atoms. The third kappa shape index (κ3) is 2.38. The van der Waals surface area contributed by atoms with Crippen molar-refractivity contribution in [2.45, 2.75) is 6.17 Å². The van der Waals surface area contributed by atoms with Gasteiger partial charge < -0.3 is 0 Å². The van der Waals surface area contributed by atoms with Crippen LogP contribution >= 0.6 is 11.6 Å². The molecule has 4 nitrogen and oxygen atoms in total. The minimum Gasteiger partial charge on any atom is -0.236 e. The van der Waals surface area contributed by atoms with Gasteiger partial charge in [-0.1, -0.05) is 60.1 Å². The van der Waals surface area contributed by atoms with Crippen LogP contribution in [0.1, 0.15) is 11.7 Å². The van der Waals surface area contributed by atoms with Crippen molar-refractivity contribution < 1.29 is 0 Å². The van der Waals surface area contributed by atoms with E-state index in [1.165, 1.54) is 0 Å². The predicted molar refractivity (Wildman–Crippen MR) is 104 cm³/mol. The summed E-state index contributed by atoms with van der Waals surface area (Å²) in [6.07, 6.45) is 3.58. The molecule has 126 valence electrons. The van der Waals surface area contributed by atoms with Gasteiger partial charge >= 0.3 is 0 Å². The molecular formula is C21H15ClN4. The second-order valence-electron chi connectivity index (χ2n) is 6.22. The van der Waals surface area contributed by atoms with Gasteiger partial charge in [-0.25, -0.2) is 9.36 Å². The Bertz CT molecular complexity index is 1130. The standard InChI is InChI=1S/C21H15ClN4/c22-18-11-9-15(10-12-18)21(25-19-7-3-1-5-16(19)13-23-25)26-20-8-4-2-6-17(20)14-24-26/h1-14,21H. The summed E-state index contributed by atoms with van der Waals surface area (Å²) in [5, 5.41) is 12.3. The highest BCUT2D eigenvalue weighted by Crippen LogP contribution is 2.28. The van der Waals surface area contributed by atoms with Gasteiger partial charge in [-0.2, -0.15) is 10.2 Å². The van der Waals surface area contributed by atoms with Gasteiger partial charge in [0.05, 0.1) is 23.4 Å². The van der Waals surface area contributed by atoms with Gasteiger partial charge in [-0.05, 0) is 29.8 Å². The molecule has 0 unspecified atom stereocenters. The summed E-state index contributed by atoms with van der Waals surface area (Å²) in [4.78, 5) is 0. The van der Waals surface area contributed by atoms with Gasteiger partial charge in [0.1, 0.15) is 0 Å². The molecule has 0 radical (unpaired) electrons. The van der Waals surface area contributed by atoms with E-state index in [0.717, 1.165) is 27.4 Å². The average Bonchev–Trinajstić information content (AvgIpc) is 3.29. The van der Waals surface area contributed by atoms with E-state index in [4.69, 9.17) is 11.6 Å². The number of aromatic nitrogens is 4. The molecule has 0 saturated heterocycles. The minimum absolute atomic E-state index is 0.202. The van der Waals surface area contributed by atoms with Gasteiger partial charge in [0.25, 0.3) is 0 Å². The summed E-state index contributed by atoms with van der Waals surface area (Å²) in [6.45, 7) is 0. The Kier molecular flexibility index (Phi) is 3.50. The van der Waals surface area contributed by atoms with Crippen LogP contribution < -0.4 is 0 Å². The molecule has 0 spiro atoms. The Morgan fingerprint density at radius 2 is 1.15 bits per heavy atom. The van der Waals surface area contributed by atoms with Crippen LogP contribution in [-0.4, -0.2) is 19.6 Å².